The largest absolute Gasteiger partial charge is 0.480 e. The molecular weight excluding hydrogens is 302 g/mol. The van der Waals surface area contributed by atoms with Gasteiger partial charge in [-0.25, -0.2) is 18.4 Å². The van der Waals surface area contributed by atoms with Crippen LogP contribution in [-0.4, -0.2) is 58.7 Å². The van der Waals surface area contributed by atoms with Crippen molar-refractivity contribution < 1.29 is 28.2 Å². The maximum Gasteiger partial charge on any atom is 0.326 e. The van der Waals surface area contributed by atoms with Crippen molar-refractivity contribution >= 4 is 21.9 Å². The molecule has 1 fully saturated rings. The minimum Gasteiger partial charge on any atom is -0.480 e. The number of aliphatic hydroxyl groups is 1. The number of primary sulfonamides is 1. The number of aryl methyl sites for hydroxylation is 1. The van der Waals surface area contributed by atoms with Crippen LogP contribution in [0.25, 0.3) is 0 Å². The van der Waals surface area contributed by atoms with Crippen molar-refractivity contribution in [3.05, 3.63) is 18.0 Å². The number of rotatable bonds is 3. The maximum atomic E-state index is 12.4. The van der Waals surface area contributed by atoms with Crippen LogP contribution in [0.3, 0.4) is 0 Å². The number of nitrogens with zero attached hydrogens (tertiary/aromatic N) is 2. The molecule has 1 saturated heterocycles. The molecule has 0 radical (unpaired) electrons. The Labute approximate surface area is 120 Å². The van der Waals surface area contributed by atoms with Gasteiger partial charge in [0.2, 0.25) is 10.0 Å². The highest BCUT2D eigenvalue weighted by Crippen LogP contribution is 2.22. The molecule has 0 spiro atoms. The Morgan fingerprint density at radius 3 is 2.52 bits per heavy atom. The van der Waals surface area contributed by atoms with Gasteiger partial charge in [0.25, 0.3) is 5.91 Å². The summed E-state index contributed by atoms with van der Waals surface area (Å²) in [5.74, 6) is -1.89. The predicted octanol–water partition coefficient (Wildman–Crippen LogP) is -1.67. The van der Waals surface area contributed by atoms with Crippen molar-refractivity contribution in [2.24, 2.45) is 12.2 Å². The van der Waals surface area contributed by atoms with Gasteiger partial charge in [0, 0.05) is 26.2 Å². The van der Waals surface area contributed by atoms with E-state index in [1.165, 1.54) is 17.8 Å². The van der Waals surface area contributed by atoms with Crippen LogP contribution in [-0.2, 0) is 21.9 Å². The Balaban J connectivity index is 2.36. The molecule has 1 amide bonds. The van der Waals surface area contributed by atoms with E-state index >= 15 is 0 Å². The average molecular weight is 317 g/mol. The number of carbonyl (C=O) groups is 2. The number of aliphatic hydroxyl groups excluding tert-OH is 1. The van der Waals surface area contributed by atoms with E-state index in [0.29, 0.717) is 0 Å². The van der Waals surface area contributed by atoms with Gasteiger partial charge >= 0.3 is 5.97 Å². The van der Waals surface area contributed by atoms with Gasteiger partial charge in [-0.3, -0.25) is 4.79 Å². The van der Waals surface area contributed by atoms with Crippen molar-refractivity contribution in [1.29, 1.82) is 0 Å². The SMILES string of the molecule is Cn1cc(S(N)(=O)=O)cc1C(=O)N1CC(O)CC1C(=O)O. The lowest BCUT2D eigenvalue weighted by atomic mass is 10.2. The van der Waals surface area contributed by atoms with Crippen molar-refractivity contribution in [3.63, 3.8) is 0 Å². The molecule has 2 atom stereocenters. The summed E-state index contributed by atoms with van der Waals surface area (Å²) >= 11 is 0. The molecule has 1 aliphatic heterocycles. The molecule has 2 rings (SSSR count). The highest BCUT2D eigenvalue weighted by atomic mass is 32.2. The highest BCUT2D eigenvalue weighted by molar-refractivity contribution is 7.89. The molecule has 0 aromatic carbocycles. The number of β-amino-alcohol motifs (C(OH)–C–C–N with tert-alkyl or cyclic N) is 1. The van der Waals surface area contributed by atoms with Crippen LogP contribution >= 0.6 is 0 Å². The van der Waals surface area contributed by atoms with Crippen LogP contribution in [0.4, 0.5) is 0 Å². The lowest BCUT2D eigenvalue weighted by Gasteiger charge is -2.21. The third-order valence-corrected chi connectivity index (χ3v) is 4.23. The molecule has 0 saturated carbocycles. The summed E-state index contributed by atoms with van der Waals surface area (Å²) in [6.07, 6.45) is 0.186. The first kappa shape index (κ1) is 15.5. The van der Waals surface area contributed by atoms with Gasteiger partial charge in [0.05, 0.1) is 6.10 Å². The third kappa shape index (κ3) is 2.91. The van der Waals surface area contributed by atoms with Crippen LogP contribution in [0.1, 0.15) is 16.9 Å². The van der Waals surface area contributed by atoms with Gasteiger partial charge in [-0.2, -0.15) is 0 Å². The van der Waals surface area contributed by atoms with Gasteiger partial charge in [-0.15, -0.1) is 0 Å². The van der Waals surface area contributed by atoms with E-state index in [1.807, 2.05) is 0 Å². The minimum atomic E-state index is -3.96. The quantitative estimate of drug-likeness (QED) is 0.608. The average Bonchev–Trinajstić information content (AvgIpc) is 2.91. The normalized spacial score (nSPS) is 22.5. The number of hydrogen-bond acceptors (Lipinski definition) is 5. The molecule has 0 bridgehead atoms. The van der Waals surface area contributed by atoms with Crippen molar-refractivity contribution in [3.8, 4) is 0 Å². The number of aliphatic carboxylic acids is 1. The molecule has 1 aromatic rings. The van der Waals surface area contributed by atoms with Gasteiger partial charge in [0.1, 0.15) is 16.6 Å². The number of carboxylic acid groups (broad SMARTS) is 1. The molecule has 1 aromatic heterocycles. The van der Waals surface area contributed by atoms with Crippen molar-refractivity contribution in [2.75, 3.05) is 6.54 Å². The lowest BCUT2D eigenvalue weighted by molar-refractivity contribution is -0.141. The van der Waals surface area contributed by atoms with E-state index in [0.717, 1.165) is 11.0 Å². The highest BCUT2D eigenvalue weighted by Gasteiger charge is 2.40. The first-order chi connectivity index (χ1) is 9.61. The third-order valence-electron chi connectivity index (χ3n) is 3.35. The van der Waals surface area contributed by atoms with Crippen LogP contribution in [0, 0.1) is 0 Å². The first-order valence-electron chi connectivity index (χ1n) is 6.02. The second kappa shape index (κ2) is 5.13. The van der Waals surface area contributed by atoms with Gasteiger partial charge in [-0.1, -0.05) is 0 Å². The first-order valence-corrected chi connectivity index (χ1v) is 7.57. The summed E-state index contributed by atoms with van der Waals surface area (Å²) < 4.78 is 23.8. The summed E-state index contributed by atoms with van der Waals surface area (Å²) in [4.78, 5) is 24.3. The molecule has 116 valence electrons. The van der Waals surface area contributed by atoms with Crippen molar-refractivity contribution in [1.82, 2.24) is 9.47 Å². The lowest BCUT2D eigenvalue weighted by Crippen LogP contribution is -2.41. The van der Waals surface area contributed by atoms with E-state index in [4.69, 9.17) is 10.2 Å². The standard InChI is InChI=1S/C11H15N3O6S/c1-13-5-7(21(12,19)20)3-8(13)10(16)14-4-6(15)2-9(14)11(17)18/h3,5-6,9,15H,2,4H2,1H3,(H,17,18)(H2,12,19,20). The molecule has 2 unspecified atom stereocenters. The number of nitrogens with two attached hydrogens (primary N) is 1. The number of likely N-dealkylation sites (tertiary alicyclic amines) is 1. The van der Waals surface area contributed by atoms with E-state index < -0.39 is 34.0 Å². The van der Waals surface area contributed by atoms with Crippen LogP contribution in [0.2, 0.25) is 0 Å². The van der Waals surface area contributed by atoms with Gasteiger partial charge in [-0.05, 0) is 6.07 Å². The molecule has 9 nitrogen and oxygen atoms in total. The van der Waals surface area contributed by atoms with Crippen molar-refractivity contribution in [2.45, 2.75) is 23.5 Å². The molecule has 1 aliphatic rings. The Bertz CT molecular complexity index is 695. The zero-order chi connectivity index (χ0) is 15.9. The van der Waals surface area contributed by atoms with E-state index in [-0.39, 0.29) is 23.6 Å². The zero-order valence-electron chi connectivity index (χ0n) is 11.1. The van der Waals surface area contributed by atoms with Gasteiger partial charge in [0.15, 0.2) is 0 Å². The number of aromatic nitrogens is 1. The second-order valence-corrected chi connectivity index (χ2v) is 6.48. The smallest absolute Gasteiger partial charge is 0.326 e. The number of hydrogen-bond donors (Lipinski definition) is 3. The monoisotopic (exact) mass is 317 g/mol. The Morgan fingerprint density at radius 1 is 1.43 bits per heavy atom. The summed E-state index contributed by atoms with van der Waals surface area (Å²) in [6.45, 7) is -0.119. The van der Waals surface area contributed by atoms with E-state index in [9.17, 15) is 23.1 Å². The van der Waals surface area contributed by atoms with Crippen LogP contribution < -0.4 is 5.14 Å². The number of sulfonamides is 1. The molecular formula is C11H15N3O6S. The summed E-state index contributed by atoms with van der Waals surface area (Å²) in [7, 11) is -2.51. The van der Waals surface area contributed by atoms with E-state index in [1.54, 1.807) is 0 Å². The predicted molar refractivity (Wildman–Crippen MR) is 69.9 cm³/mol. The van der Waals surface area contributed by atoms with Gasteiger partial charge < -0.3 is 19.7 Å². The number of amides is 1. The second-order valence-electron chi connectivity index (χ2n) is 4.92. The fourth-order valence-corrected chi connectivity index (χ4v) is 2.90. The maximum absolute atomic E-state index is 12.4. The fraction of sp³-hybridized carbons (Fsp3) is 0.455. The zero-order valence-corrected chi connectivity index (χ0v) is 11.9. The van der Waals surface area contributed by atoms with E-state index in [2.05, 4.69) is 0 Å². The molecule has 2 heterocycles. The Kier molecular flexibility index (Phi) is 3.78. The molecule has 10 heteroatoms. The fourth-order valence-electron chi connectivity index (χ4n) is 2.32. The number of carboxylic acids is 1. The summed E-state index contributed by atoms with van der Waals surface area (Å²) in [5.41, 5.74) is -0.0145. The van der Waals surface area contributed by atoms with Crippen LogP contribution in [0.5, 0.6) is 0 Å². The summed E-state index contributed by atoms with van der Waals surface area (Å²) in [6, 6.07) is -0.0540. The molecule has 4 N–H and O–H groups in total. The number of carbonyl (C=O) groups excluding carboxylic acids is 1. The Morgan fingerprint density at radius 2 is 2.05 bits per heavy atom. The topological polar surface area (TPSA) is 143 Å². The molecule has 0 aliphatic carbocycles. The summed E-state index contributed by atoms with van der Waals surface area (Å²) in [5, 5.41) is 23.6. The minimum absolute atomic E-state index is 0.0145. The Hall–Kier alpha value is -1.91. The van der Waals surface area contributed by atoms with Crippen LogP contribution in [0.15, 0.2) is 17.2 Å². The molecule has 21 heavy (non-hydrogen) atoms.